The van der Waals surface area contributed by atoms with Crippen LogP contribution in [0.3, 0.4) is 0 Å². The maximum absolute atomic E-state index is 5.61. The fourth-order valence-electron chi connectivity index (χ4n) is 0.780. The lowest BCUT2D eigenvalue weighted by Gasteiger charge is -2.12. The number of hydrogen-bond donors (Lipinski definition) is 3. The summed E-state index contributed by atoms with van der Waals surface area (Å²) in [6.07, 6.45) is 0.970. The van der Waals surface area contributed by atoms with E-state index in [0.29, 0.717) is 10.5 Å². The van der Waals surface area contributed by atoms with Crippen LogP contribution in [0.5, 0.6) is 0 Å². The highest BCUT2D eigenvalue weighted by Crippen LogP contribution is 2.04. The summed E-state index contributed by atoms with van der Waals surface area (Å²) in [6, 6.07) is 0. The molecule has 0 fully saturated rings. The third kappa shape index (κ3) is 1.78. The molecule has 0 aliphatic heterocycles. The maximum Gasteiger partial charge on any atom is 0.200 e. The van der Waals surface area contributed by atoms with E-state index in [4.69, 9.17) is 18.1 Å². The molecule has 0 aliphatic carbocycles. The lowest BCUT2D eigenvalue weighted by Crippen LogP contribution is -2.32. The monoisotopic (exact) mass is 173 g/mol. The Kier molecular flexibility index (Phi) is 2.61. The minimum atomic E-state index is 0.543. The zero-order valence-corrected chi connectivity index (χ0v) is 7.11. The van der Waals surface area contributed by atoms with Crippen molar-refractivity contribution >= 4 is 18.0 Å². The van der Waals surface area contributed by atoms with Crippen LogP contribution in [0.25, 0.3) is 0 Å². The van der Waals surface area contributed by atoms with E-state index in [-0.39, 0.29) is 0 Å². The quantitative estimate of drug-likeness (QED) is 0.354. The van der Waals surface area contributed by atoms with Crippen molar-refractivity contribution in [2.75, 3.05) is 11.6 Å². The molecule has 4 N–H and O–H groups in total. The number of hydrogen-bond acceptors (Lipinski definition) is 4. The number of nitrogens with one attached hydrogen (secondary N) is 2. The van der Waals surface area contributed by atoms with Gasteiger partial charge in [-0.3, -0.25) is 10.1 Å². The van der Waals surface area contributed by atoms with Crippen LogP contribution >= 0.6 is 12.2 Å². The van der Waals surface area contributed by atoms with Gasteiger partial charge in [0.25, 0.3) is 0 Å². The molecule has 0 saturated heterocycles. The molecule has 0 radical (unpaired) electrons. The summed E-state index contributed by atoms with van der Waals surface area (Å²) in [5.41, 5.74) is 0. The van der Waals surface area contributed by atoms with Crippen LogP contribution in [-0.2, 0) is 0 Å². The van der Waals surface area contributed by atoms with Crippen LogP contribution in [0, 0.1) is 4.64 Å². The fraction of sp³-hybridized carbons (Fsp3) is 0.600. The Bertz CT molecular complexity index is 264. The van der Waals surface area contributed by atoms with Crippen molar-refractivity contribution in [1.82, 2.24) is 15.4 Å². The number of hydrazine groups is 1. The molecular formula is C5H11N5S. The Balaban J connectivity index is 2.75. The van der Waals surface area contributed by atoms with Gasteiger partial charge in [-0.15, -0.1) is 5.10 Å². The molecule has 0 saturated carbocycles. The number of aromatic nitrogens is 3. The molecule has 0 aromatic carbocycles. The smallest absolute Gasteiger partial charge is 0.200 e. The van der Waals surface area contributed by atoms with Gasteiger partial charge >= 0.3 is 0 Å². The Morgan fingerprint density at radius 3 is 2.91 bits per heavy atom. The van der Waals surface area contributed by atoms with E-state index in [0.717, 1.165) is 13.0 Å². The highest BCUT2D eigenvalue weighted by Gasteiger charge is 2.03. The summed E-state index contributed by atoms with van der Waals surface area (Å²) < 4.78 is 0.543. The highest BCUT2D eigenvalue weighted by atomic mass is 32.1. The number of anilines is 1. The molecule has 1 rings (SSSR count). The third-order valence-corrected chi connectivity index (χ3v) is 1.56. The van der Waals surface area contributed by atoms with E-state index in [1.165, 1.54) is 5.01 Å². The van der Waals surface area contributed by atoms with E-state index < -0.39 is 0 Å². The van der Waals surface area contributed by atoms with Gasteiger partial charge in [0, 0.05) is 6.54 Å². The van der Waals surface area contributed by atoms with Crippen molar-refractivity contribution in [2.45, 2.75) is 13.3 Å². The molecule has 1 aromatic heterocycles. The zero-order chi connectivity index (χ0) is 8.27. The van der Waals surface area contributed by atoms with Gasteiger partial charge in [0.1, 0.15) is 0 Å². The standard InChI is InChI=1S/C5H11N5S/c1-2-3-10(6)4-5(11)8-9-7-4/h2-3,6H2,1H3,(H2,7,8,9,11). The highest BCUT2D eigenvalue weighted by molar-refractivity contribution is 7.71. The molecule has 0 unspecified atom stereocenters. The van der Waals surface area contributed by atoms with E-state index in [9.17, 15) is 0 Å². The fourth-order valence-corrected chi connectivity index (χ4v) is 0.988. The van der Waals surface area contributed by atoms with E-state index >= 15 is 0 Å². The first-order valence-corrected chi connectivity index (χ1v) is 3.81. The first kappa shape index (κ1) is 8.22. The molecule has 11 heavy (non-hydrogen) atoms. The lowest BCUT2D eigenvalue weighted by atomic mass is 10.5. The topological polar surface area (TPSA) is 73.7 Å². The first-order valence-electron chi connectivity index (χ1n) is 3.41. The molecule has 0 bridgehead atoms. The average Bonchev–Trinajstić information content (AvgIpc) is 2.36. The van der Waals surface area contributed by atoms with Crippen molar-refractivity contribution in [2.24, 2.45) is 5.84 Å². The Hall–Kier alpha value is -0.880. The van der Waals surface area contributed by atoms with E-state index in [1.54, 1.807) is 0 Å². The maximum atomic E-state index is 5.61. The second kappa shape index (κ2) is 3.49. The number of nitrogens with two attached hydrogens (primary N) is 1. The van der Waals surface area contributed by atoms with Crippen LogP contribution in [0.2, 0.25) is 0 Å². The summed E-state index contributed by atoms with van der Waals surface area (Å²) in [4.78, 5) is 0. The molecular weight excluding hydrogens is 162 g/mol. The number of nitrogens with zero attached hydrogens (tertiary/aromatic N) is 2. The van der Waals surface area contributed by atoms with E-state index in [2.05, 4.69) is 15.4 Å². The Morgan fingerprint density at radius 1 is 1.73 bits per heavy atom. The Labute approximate surface area is 69.5 Å². The summed E-state index contributed by atoms with van der Waals surface area (Å²) in [6.45, 7) is 2.79. The van der Waals surface area contributed by atoms with Gasteiger partial charge in [0.05, 0.1) is 0 Å². The predicted molar refractivity (Wildman–Crippen MR) is 45.6 cm³/mol. The second-order valence-electron chi connectivity index (χ2n) is 2.19. The van der Waals surface area contributed by atoms with Gasteiger partial charge in [-0.05, 0) is 6.42 Å². The summed E-state index contributed by atoms with van der Waals surface area (Å²) in [5, 5.41) is 10.6. The van der Waals surface area contributed by atoms with Crippen molar-refractivity contribution < 1.29 is 0 Å². The largest absolute Gasteiger partial charge is 0.291 e. The van der Waals surface area contributed by atoms with Gasteiger partial charge in [-0.2, -0.15) is 0 Å². The van der Waals surface area contributed by atoms with Crippen molar-refractivity contribution in [3.8, 4) is 0 Å². The minimum Gasteiger partial charge on any atom is -0.291 e. The summed E-state index contributed by atoms with van der Waals surface area (Å²) in [5.74, 6) is 6.21. The van der Waals surface area contributed by atoms with Crippen molar-refractivity contribution in [3.63, 3.8) is 0 Å². The second-order valence-corrected chi connectivity index (χ2v) is 2.60. The summed E-state index contributed by atoms with van der Waals surface area (Å²) >= 11 is 4.90. The summed E-state index contributed by atoms with van der Waals surface area (Å²) in [7, 11) is 0. The third-order valence-electron chi connectivity index (χ3n) is 1.27. The number of H-pyrrole nitrogens is 2. The SMILES string of the molecule is CCCN(N)c1n[nH][nH]c1=S. The molecule has 6 heteroatoms. The molecule has 62 valence electrons. The molecule has 1 aromatic rings. The molecule has 5 nitrogen and oxygen atoms in total. The van der Waals surface area contributed by atoms with E-state index in [1.807, 2.05) is 6.92 Å². The van der Waals surface area contributed by atoms with Gasteiger partial charge in [0.2, 0.25) is 5.82 Å². The first-order chi connectivity index (χ1) is 5.25. The van der Waals surface area contributed by atoms with Crippen LogP contribution in [-0.4, -0.2) is 22.0 Å². The van der Waals surface area contributed by atoms with Crippen LogP contribution < -0.4 is 10.9 Å². The molecule has 0 aliphatic rings. The van der Waals surface area contributed by atoms with Crippen LogP contribution in [0.4, 0.5) is 5.82 Å². The van der Waals surface area contributed by atoms with Gasteiger partial charge in [-0.1, -0.05) is 19.1 Å². The normalized spacial score (nSPS) is 10.0. The average molecular weight is 173 g/mol. The minimum absolute atomic E-state index is 0.543. The molecule has 0 amide bonds. The van der Waals surface area contributed by atoms with Gasteiger partial charge < -0.3 is 0 Å². The van der Waals surface area contributed by atoms with Gasteiger partial charge in [-0.25, -0.2) is 11.1 Å². The molecule has 0 spiro atoms. The predicted octanol–water partition coefficient (Wildman–Crippen LogP) is 0.557. The number of rotatable bonds is 3. The lowest BCUT2D eigenvalue weighted by molar-refractivity contribution is 0.785. The van der Waals surface area contributed by atoms with Crippen LogP contribution in [0.1, 0.15) is 13.3 Å². The van der Waals surface area contributed by atoms with Crippen LogP contribution in [0.15, 0.2) is 0 Å². The van der Waals surface area contributed by atoms with Crippen molar-refractivity contribution in [1.29, 1.82) is 0 Å². The van der Waals surface area contributed by atoms with Crippen molar-refractivity contribution in [3.05, 3.63) is 4.64 Å². The Morgan fingerprint density at radius 2 is 2.45 bits per heavy atom. The number of aromatic amines is 2. The molecule has 1 heterocycles. The van der Waals surface area contributed by atoms with Gasteiger partial charge in [0.15, 0.2) is 4.64 Å². The molecule has 0 atom stereocenters. The zero-order valence-electron chi connectivity index (χ0n) is 6.29.